The van der Waals surface area contributed by atoms with E-state index in [0.29, 0.717) is 7.14 Å². The van der Waals surface area contributed by atoms with Crippen LogP contribution < -0.4 is 9.47 Å². The van der Waals surface area contributed by atoms with Crippen molar-refractivity contribution in [3.05, 3.63) is 48.1 Å². The molecule has 0 aromatic heterocycles. The van der Waals surface area contributed by atoms with Crippen molar-refractivity contribution in [2.75, 3.05) is 7.11 Å². The summed E-state index contributed by atoms with van der Waals surface area (Å²) in [5, 5.41) is 0. The van der Waals surface area contributed by atoms with Gasteiger partial charge in [0.05, 0.1) is 10.7 Å². The van der Waals surface area contributed by atoms with E-state index in [1.165, 1.54) is 13.2 Å². The highest BCUT2D eigenvalue weighted by molar-refractivity contribution is 14.1. The maximum atomic E-state index is 14.0. The molecule has 2 aromatic carbocycles. The second-order valence-corrected chi connectivity index (χ2v) is 8.45. The summed E-state index contributed by atoms with van der Waals surface area (Å²) in [5.41, 5.74) is -0.311. The lowest BCUT2D eigenvalue weighted by molar-refractivity contribution is 0.0713. The Kier molecular flexibility index (Phi) is 6.58. The Morgan fingerprint density at radius 1 is 1.00 bits per heavy atom. The van der Waals surface area contributed by atoms with Crippen LogP contribution in [0.4, 0.5) is 17.6 Å². The van der Waals surface area contributed by atoms with Gasteiger partial charge in [-0.2, -0.15) is 8.78 Å². The molecule has 13 heteroatoms. The largest absolute Gasteiger partial charge is 0.744 e. The number of hydrogen-bond donors (Lipinski definition) is 0. The highest BCUT2D eigenvalue weighted by Gasteiger charge is 2.32. The standard InChI is InChI=1S/C14H6F4I2O6S/c1-25-11-5(2-4(19)3-6(11)20)14(21)26-12-7(15)9(17)13(27(22,23)24)10(18)8(12)16/h2-3H,1H3,(H,22,23,24)/p-1. The predicted molar refractivity (Wildman–Crippen MR) is 97.6 cm³/mol. The van der Waals surface area contributed by atoms with E-state index >= 15 is 0 Å². The lowest BCUT2D eigenvalue weighted by atomic mass is 10.2. The number of carbonyl (C=O) groups is 1. The number of esters is 1. The van der Waals surface area contributed by atoms with Gasteiger partial charge in [0, 0.05) is 3.57 Å². The van der Waals surface area contributed by atoms with Gasteiger partial charge in [0.1, 0.15) is 26.3 Å². The van der Waals surface area contributed by atoms with Gasteiger partial charge in [0.25, 0.3) is 0 Å². The Bertz CT molecular complexity index is 1030. The van der Waals surface area contributed by atoms with E-state index in [4.69, 9.17) is 4.74 Å². The number of ether oxygens (including phenoxy) is 2. The molecule has 0 spiro atoms. The van der Waals surface area contributed by atoms with Crippen molar-refractivity contribution in [2.24, 2.45) is 0 Å². The molecule has 0 aliphatic carbocycles. The molecule has 2 aromatic rings. The normalized spacial score (nSPS) is 11.4. The minimum absolute atomic E-state index is 0.0264. The Hall–Kier alpha value is -1.20. The first-order valence-corrected chi connectivity index (χ1v) is 10.0. The maximum Gasteiger partial charge on any atom is 0.347 e. The SMILES string of the molecule is COc1c(I)cc(I)cc1C(=O)Oc1c(F)c(F)c(S(=O)(=O)[O-])c(F)c1F. The summed E-state index contributed by atoms with van der Waals surface area (Å²) < 4.78 is 98.1. The molecule has 0 saturated carbocycles. The van der Waals surface area contributed by atoms with Crippen molar-refractivity contribution in [1.82, 2.24) is 0 Å². The van der Waals surface area contributed by atoms with E-state index in [1.54, 1.807) is 28.7 Å². The van der Waals surface area contributed by atoms with Crippen molar-refractivity contribution >= 4 is 61.3 Å². The third-order valence-corrected chi connectivity index (χ3v) is 5.34. The Morgan fingerprint density at radius 3 is 1.96 bits per heavy atom. The first kappa shape index (κ1) is 22.1. The minimum Gasteiger partial charge on any atom is -0.744 e. The highest BCUT2D eigenvalue weighted by atomic mass is 127. The zero-order chi connectivity index (χ0) is 20.7. The molecule has 6 nitrogen and oxygen atoms in total. The van der Waals surface area contributed by atoms with Crippen molar-refractivity contribution in [3.8, 4) is 11.5 Å². The molecule has 0 radical (unpaired) electrons. The molecule has 0 bridgehead atoms. The summed E-state index contributed by atoms with van der Waals surface area (Å²) in [6, 6.07) is 2.83. The lowest BCUT2D eigenvalue weighted by Gasteiger charge is -2.15. The Morgan fingerprint density at radius 2 is 1.52 bits per heavy atom. The number of halogens is 6. The summed E-state index contributed by atoms with van der Waals surface area (Å²) in [6.45, 7) is 0. The molecule has 0 aliphatic rings. The zero-order valence-corrected chi connectivity index (χ0v) is 17.9. The third-order valence-electron chi connectivity index (χ3n) is 3.06. The fourth-order valence-corrected chi connectivity index (χ4v) is 4.65. The van der Waals surface area contributed by atoms with Gasteiger partial charge in [-0.15, -0.1) is 0 Å². The van der Waals surface area contributed by atoms with Crippen LogP contribution in [-0.2, 0) is 10.1 Å². The summed E-state index contributed by atoms with van der Waals surface area (Å²) >= 11 is 3.63. The Balaban J connectivity index is 2.62. The summed E-state index contributed by atoms with van der Waals surface area (Å²) in [5.74, 6) is -13.0. The molecular formula is C14H5F4I2O6S-. The first-order chi connectivity index (χ1) is 12.4. The molecule has 0 heterocycles. The molecule has 0 unspecified atom stereocenters. The Labute approximate surface area is 176 Å². The summed E-state index contributed by atoms with van der Waals surface area (Å²) in [4.78, 5) is 9.89. The van der Waals surface area contributed by atoms with E-state index in [0.717, 1.165) is 0 Å². The number of benzene rings is 2. The van der Waals surface area contributed by atoms with Gasteiger partial charge in [-0.25, -0.2) is 22.0 Å². The molecule has 0 N–H and O–H groups in total. The molecule has 0 amide bonds. The van der Waals surface area contributed by atoms with Gasteiger partial charge < -0.3 is 14.0 Å². The molecule has 27 heavy (non-hydrogen) atoms. The third kappa shape index (κ3) is 4.29. The zero-order valence-electron chi connectivity index (χ0n) is 12.8. The van der Waals surface area contributed by atoms with E-state index in [1.807, 2.05) is 22.6 Å². The van der Waals surface area contributed by atoms with Crippen molar-refractivity contribution < 1.29 is 44.8 Å². The van der Waals surface area contributed by atoms with Crippen LogP contribution in [0.1, 0.15) is 10.4 Å². The predicted octanol–water partition coefficient (Wildman–Crippen LogP) is 3.58. The minimum atomic E-state index is -5.87. The smallest absolute Gasteiger partial charge is 0.347 e. The van der Waals surface area contributed by atoms with Crippen LogP contribution in [0.25, 0.3) is 0 Å². The van der Waals surface area contributed by atoms with E-state index in [9.17, 15) is 35.3 Å². The number of methoxy groups -OCH3 is 1. The number of rotatable bonds is 4. The quantitative estimate of drug-likeness (QED) is 0.128. The van der Waals surface area contributed by atoms with Gasteiger partial charge in [-0.05, 0) is 57.3 Å². The van der Waals surface area contributed by atoms with E-state index in [2.05, 4.69) is 4.74 Å². The monoisotopic (exact) mass is 631 g/mol. The van der Waals surface area contributed by atoms with Crippen molar-refractivity contribution in [2.45, 2.75) is 4.90 Å². The van der Waals surface area contributed by atoms with Gasteiger partial charge in [0.2, 0.25) is 17.4 Å². The van der Waals surface area contributed by atoms with E-state index < -0.39 is 50.0 Å². The van der Waals surface area contributed by atoms with Gasteiger partial charge >= 0.3 is 5.97 Å². The van der Waals surface area contributed by atoms with Gasteiger partial charge in [-0.1, -0.05) is 0 Å². The second-order valence-electron chi connectivity index (χ2n) is 4.73. The fourth-order valence-electron chi connectivity index (χ4n) is 1.97. The van der Waals surface area contributed by atoms with Crippen LogP contribution in [-0.4, -0.2) is 26.0 Å². The van der Waals surface area contributed by atoms with Gasteiger partial charge in [-0.3, -0.25) is 0 Å². The molecular weight excluding hydrogens is 626 g/mol. The maximum absolute atomic E-state index is 14.0. The first-order valence-electron chi connectivity index (χ1n) is 6.47. The molecule has 0 atom stereocenters. The van der Waals surface area contributed by atoms with E-state index in [-0.39, 0.29) is 11.3 Å². The average molecular weight is 631 g/mol. The van der Waals surface area contributed by atoms with Crippen molar-refractivity contribution in [1.29, 1.82) is 0 Å². The summed E-state index contributed by atoms with van der Waals surface area (Å²) in [7, 11) is -4.67. The molecule has 2 rings (SSSR count). The fraction of sp³-hybridized carbons (Fsp3) is 0.0714. The number of carbonyl (C=O) groups excluding carboxylic acids is 1. The van der Waals surface area contributed by atoms with Crippen LogP contribution in [0, 0.1) is 30.4 Å². The number of hydrogen-bond acceptors (Lipinski definition) is 6. The summed E-state index contributed by atoms with van der Waals surface area (Å²) in [6.07, 6.45) is 0. The second kappa shape index (κ2) is 8.04. The molecule has 0 fully saturated rings. The van der Waals surface area contributed by atoms with Crippen LogP contribution in [0.3, 0.4) is 0 Å². The van der Waals surface area contributed by atoms with Crippen molar-refractivity contribution in [3.63, 3.8) is 0 Å². The van der Waals surface area contributed by atoms with Crippen LogP contribution in [0.5, 0.6) is 11.5 Å². The lowest BCUT2D eigenvalue weighted by Crippen LogP contribution is -2.17. The molecule has 0 aliphatic heterocycles. The molecule has 0 saturated heterocycles. The highest BCUT2D eigenvalue weighted by Crippen LogP contribution is 2.34. The average Bonchev–Trinajstić information content (AvgIpc) is 2.55. The van der Waals surface area contributed by atoms with Crippen LogP contribution in [0.2, 0.25) is 0 Å². The topological polar surface area (TPSA) is 92.7 Å². The van der Waals surface area contributed by atoms with Gasteiger partial charge in [0.15, 0.2) is 11.6 Å². The molecule has 146 valence electrons. The van der Waals surface area contributed by atoms with Crippen LogP contribution >= 0.6 is 45.2 Å². The van der Waals surface area contributed by atoms with Crippen LogP contribution in [0.15, 0.2) is 17.0 Å².